The molecule has 2 aromatic rings. The molecule has 0 saturated carbocycles. The van der Waals surface area contributed by atoms with Crippen LogP contribution in [0.2, 0.25) is 0 Å². The van der Waals surface area contributed by atoms with E-state index >= 15 is 0 Å². The minimum Gasteiger partial charge on any atom is -0.497 e. The largest absolute Gasteiger partial charge is 0.497 e. The van der Waals surface area contributed by atoms with Gasteiger partial charge in [0.15, 0.2) is 5.82 Å². The molecule has 2 heterocycles. The van der Waals surface area contributed by atoms with Crippen LogP contribution < -0.4 is 15.4 Å². The zero-order valence-electron chi connectivity index (χ0n) is 16.3. The average molecular weight is 386 g/mol. The van der Waals surface area contributed by atoms with Gasteiger partial charge in [-0.05, 0) is 37.0 Å². The van der Waals surface area contributed by atoms with E-state index in [1.165, 1.54) is 0 Å². The number of rotatable bonds is 8. The fourth-order valence-corrected chi connectivity index (χ4v) is 3.25. The standard InChI is InChI=1S/C20H26N4O4/c1-27-12-10-21-20(26)18-23-17(16-5-3-4-11-24(16)18)19(25)22-13-14-6-8-15(28-2)9-7-14/h6-9H,3-5,10-13H2,1-2H3,(H,21,26)(H,22,25). The molecular weight excluding hydrogens is 360 g/mol. The van der Waals surface area contributed by atoms with Gasteiger partial charge in [0, 0.05) is 26.7 Å². The van der Waals surface area contributed by atoms with E-state index in [2.05, 4.69) is 15.6 Å². The number of hydrogen-bond donors (Lipinski definition) is 2. The minimum atomic E-state index is -0.283. The van der Waals surface area contributed by atoms with Crippen molar-refractivity contribution in [1.82, 2.24) is 20.2 Å². The Morgan fingerprint density at radius 3 is 2.61 bits per heavy atom. The second-order valence-corrected chi connectivity index (χ2v) is 6.62. The number of fused-ring (bicyclic) bond motifs is 1. The smallest absolute Gasteiger partial charge is 0.287 e. The van der Waals surface area contributed by atoms with Gasteiger partial charge >= 0.3 is 0 Å². The number of methoxy groups -OCH3 is 2. The van der Waals surface area contributed by atoms with Crippen molar-refractivity contribution in [2.45, 2.75) is 32.4 Å². The highest BCUT2D eigenvalue weighted by molar-refractivity contribution is 5.97. The summed E-state index contributed by atoms with van der Waals surface area (Å²) in [5.74, 6) is 0.509. The molecule has 0 fully saturated rings. The molecule has 0 unspecified atom stereocenters. The summed E-state index contributed by atoms with van der Waals surface area (Å²) < 4.78 is 12.0. The van der Waals surface area contributed by atoms with Crippen molar-refractivity contribution in [2.24, 2.45) is 0 Å². The Kier molecular flexibility index (Phi) is 6.65. The van der Waals surface area contributed by atoms with Gasteiger partial charge in [-0.15, -0.1) is 0 Å². The van der Waals surface area contributed by atoms with E-state index in [1.807, 2.05) is 28.8 Å². The summed E-state index contributed by atoms with van der Waals surface area (Å²) >= 11 is 0. The molecule has 1 aromatic carbocycles. The van der Waals surface area contributed by atoms with Crippen molar-refractivity contribution in [3.05, 3.63) is 47.0 Å². The fourth-order valence-electron chi connectivity index (χ4n) is 3.25. The van der Waals surface area contributed by atoms with Gasteiger partial charge in [0.1, 0.15) is 11.4 Å². The number of nitrogens with one attached hydrogen (secondary N) is 2. The van der Waals surface area contributed by atoms with Gasteiger partial charge in [0.05, 0.1) is 19.4 Å². The summed E-state index contributed by atoms with van der Waals surface area (Å²) in [4.78, 5) is 29.6. The zero-order valence-corrected chi connectivity index (χ0v) is 16.3. The number of imidazole rings is 1. The molecule has 150 valence electrons. The van der Waals surface area contributed by atoms with Crippen LogP contribution in [0.3, 0.4) is 0 Å². The Balaban J connectivity index is 1.72. The van der Waals surface area contributed by atoms with E-state index in [1.54, 1.807) is 14.2 Å². The SMILES string of the molecule is COCCNC(=O)c1nc(C(=O)NCc2ccc(OC)cc2)c2n1CCCC2. The lowest BCUT2D eigenvalue weighted by atomic mass is 10.1. The van der Waals surface area contributed by atoms with Gasteiger partial charge in [0.25, 0.3) is 11.8 Å². The Hall–Kier alpha value is -2.87. The van der Waals surface area contributed by atoms with Crippen LogP contribution in [0.1, 0.15) is 45.2 Å². The maximum Gasteiger partial charge on any atom is 0.287 e. The van der Waals surface area contributed by atoms with E-state index in [0.717, 1.165) is 36.3 Å². The van der Waals surface area contributed by atoms with Crippen molar-refractivity contribution in [2.75, 3.05) is 27.4 Å². The fraction of sp³-hybridized carbons (Fsp3) is 0.450. The molecule has 8 nitrogen and oxygen atoms in total. The first-order chi connectivity index (χ1) is 13.6. The summed E-state index contributed by atoms with van der Waals surface area (Å²) in [6.07, 6.45) is 2.69. The molecule has 1 aliphatic heterocycles. The van der Waals surface area contributed by atoms with Crippen LogP contribution in [0, 0.1) is 0 Å². The molecule has 0 radical (unpaired) electrons. The third kappa shape index (κ3) is 4.51. The number of benzene rings is 1. The first-order valence-electron chi connectivity index (χ1n) is 9.41. The van der Waals surface area contributed by atoms with Crippen LogP contribution in [0.25, 0.3) is 0 Å². The van der Waals surface area contributed by atoms with Crippen LogP contribution in [0.4, 0.5) is 0 Å². The molecule has 1 aromatic heterocycles. The van der Waals surface area contributed by atoms with Crippen molar-refractivity contribution in [1.29, 1.82) is 0 Å². The van der Waals surface area contributed by atoms with Crippen LogP contribution in [-0.4, -0.2) is 48.7 Å². The van der Waals surface area contributed by atoms with Crippen molar-refractivity contribution in [3.8, 4) is 5.75 Å². The molecular formula is C20H26N4O4. The van der Waals surface area contributed by atoms with Gasteiger partial charge < -0.3 is 24.7 Å². The zero-order chi connectivity index (χ0) is 19.9. The first kappa shape index (κ1) is 19.9. The first-order valence-corrected chi connectivity index (χ1v) is 9.41. The maximum absolute atomic E-state index is 12.7. The van der Waals surface area contributed by atoms with Gasteiger partial charge in [0.2, 0.25) is 0 Å². The number of nitrogens with zero attached hydrogens (tertiary/aromatic N) is 2. The predicted octanol–water partition coefficient (Wildman–Crippen LogP) is 1.53. The van der Waals surface area contributed by atoms with Crippen LogP contribution in [0.5, 0.6) is 5.75 Å². The second-order valence-electron chi connectivity index (χ2n) is 6.62. The van der Waals surface area contributed by atoms with Gasteiger partial charge in [-0.25, -0.2) is 4.98 Å². The predicted molar refractivity (Wildman–Crippen MR) is 104 cm³/mol. The number of ether oxygens (including phenoxy) is 2. The molecule has 1 aliphatic rings. The Morgan fingerprint density at radius 2 is 1.89 bits per heavy atom. The molecule has 3 rings (SSSR count). The maximum atomic E-state index is 12.7. The highest BCUT2D eigenvalue weighted by atomic mass is 16.5. The van der Waals surface area contributed by atoms with Gasteiger partial charge in [-0.2, -0.15) is 0 Å². The summed E-state index contributed by atoms with van der Waals surface area (Å²) in [7, 11) is 3.19. The quantitative estimate of drug-likeness (QED) is 0.671. The van der Waals surface area contributed by atoms with Crippen molar-refractivity contribution < 1.29 is 19.1 Å². The average Bonchev–Trinajstić information content (AvgIpc) is 3.12. The lowest BCUT2D eigenvalue weighted by Gasteiger charge is -2.17. The molecule has 2 N–H and O–H groups in total. The monoisotopic (exact) mass is 386 g/mol. The van der Waals surface area contributed by atoms with E-state index in [-0.39, 0.29) is 11.8 Å². The Labute approximate surface area is 164 Å². The Morgan fingerprint density at radius 1 is 1.11 bits per heavy atom. The van der Waals surface area contributed by atoms with E-state index in [9.17, 15) is 9.59 Å². The van der Waals surface area contributed by atoms with Crippen molar-refractivity contribution in [3.63, 3.8) is 0 Å². The van der Waals surface area contributed by atoms with Crippen LogP contribution in [-0.2, 0) is 24.2 Å². The summed E-state index contributed by atoms with van der Waals surface area (Å²) in [5, 5.41) is 5.68. The molecule has 0 spiro atoms. The molecule has 0 saturated heterocycles. The Bertz CT molecular complexity index is 829. The number of hydrogen-bond acceptors (Lipinski definition) is 5. The van der Waals surface area contributed by atoms with Gasteiger partial charge in [-0.3, -0.25) is 9.59 Å². The highest BCUT2D eigenvalue weighted by Crippen LogP contribution is 2.21. The molecule has 0 bridgehead atoms. The van der Waals surface area contributed by atoms with Gasteiger partial charge in [-0.1, -0.05) is 12.1 Å². The normalized spacial score (nSPS) is 12.9. The van der Waals surface area contributed by atoms with Crippen molar-refractivity contribution >= 4 is 11.8 Å². The molecule has 0 aliphatic carbocycles. The number of carbonyl (C=O) groups is 2. The molecule has 28 heavy (non-hydrogen) atoms. The third-order valence-corrected chi connectivity index (χ3v) is 4.74. The second kappa shape index (κ2) is 9.36. The number of carbonyl (C=O) groups excluding carboxylic acids is 2. The molecule has 0 atom stereocenters. The lowest BCUT2D eigenvalue weighted by Crippen LogP contribution is -2.30. The summed E-state index contributed by atoms with van der Waals surface area (Å²) in [6.45, 7) is 1.90. The number of amides is 2. The number of aromatic nitrogens is 2. The minimum absolute atomic E-state index is 0.266. The third-order valence-electron chi connectivity index (χ3n) is 4.74. The highest BCUT2D eigenvalue weighted by Gasteiger charge is 2.27. The molecule has 8 heteroatoms. The van der Waals surface area contributed by atoms with Crippen LogP contribution in [0.15, 0.2) is 24.3 Å². The van der Waals surface area contributed by atoms with E-state index in [0.29, 0.717) is 37.8 Å². The topological polar surface area (TPSA) is 94.5 Å². The van der Waals surface area contributed by atoms with E-state index < -0.39 is 0 Å². The summed E-state index contributed by atoms with van der Waals surface area (Å²) in [5.41, 5.74) is 2.13. The van der Waals surface area contributed by atoms with E-state index in [4.69, 9.17) is 9.47 Å². The summed E-state index contributed by atoms with van der Waals surface area (Å²) in [6, 6.07) is 7.50. The lowest BCUT2D eigenvalue weighted by molar-refractivity contribution is 0.0921. The van der Waals surface area contributed by atoms with Crippen LogP contribution >= 0.6 is 0 Å². The molecule has 2 amide bonds.